The molecule has 7 nitrogen and oxygen atoms in total. The minimum absolute atomic E-state index is 0.131. The van der Waals surface area contributed by atoms with E-state index in [-0.39, 0.29) is 30.1 Å². The minimum Gasteiger partial charge on any atom is -0.477 e. The molecule has 0 atom stereocenters. The molecule has 0 bridgehead atoms. The van der Waals surface area contributed by atoms with Crippen LogP contribution in [-0.2, 0) is 4.79 Å². The number of pyridine rings is 1. The number of carbonyl (C=O) groups excluding carboxylic acids is 2. The van der Waals surface area contributed by atoms with Crippen LogP contribution in [0.5, 0.6) is 0 Å². The van der Waals surface area contributed by atoms with Crippen LogP contribution in [0.4, 0.5) is 0 Å². The Labute approximate surface area is 116 Å². The van der Waals surface area contributed by atoms with Crippen LogP contribution >= 0.6 is 0 Å². The summed E-state index contributed by atoms with van der Waals surface area (Å²) < 4.78 is 0. The van der Waals surface area contributed by atoms with Gasteiger partial charge in [0.25, 0.3) is 5.91 Å². The van der Waals surface area contributed by atoms with Crippen molar-refractivity contribution in [3.63, 3.8) is 0 Å². The zero-order valence-electron chi connectivity index (χ0n) is 11.2. The van der Waals surface area contributed by atoms with E-state index in [4.69, 9.17) is 5.11 Å². The van der Waals surface area contributed by atoms with Crippen molar-refractivity contribution in [3.8, 4) is 0 Å². The molecule has 1 rings (SSSR count). The molecule has 0 saturated carbocycles. The Kier molecular flexibility index (Phi) is 6.15. The summed E-state index contributed by atoms with van der Waals surface area (Å²) in [6.45, 7) is 2.75. The zero-order valence-corrected chi connectivity index (χ0v) is 11.2. The molecule has 0 unspecified atom stereocenters. The molecule has 0 aliphatic heterocycles. The van der Waals surface area contributed by atoms with Gasteiger partial charge >= 0.3 is 5.97 Å². The lowest BCUT2D eigenvalue weighted by molar-refractivity contribution is -0.120. The monoisotopic (exact) mass is 279 g/mol. The molecular formula is C13H17N3O4. The largest absolute Gasteiger partial charge is 0.477 e. The predicted molar refractivity (Wildman–Crippen MR) is 71.4 cm³/mol. The molecule has 1 aromatic heterocycles. The number of carbonyl (C=O) groups is 3. The first-order valence-electron chi connectivity index (χ1n) is 6.28. The lowest BCUT2D eigenvalue weighted by Crippen LogP contribution is -2.31. The summed E-state index contributed by atoms with van der Waals surface area (Å²) >= 11 is 0. The lowest BCUT2D eigenvalue weighted by atomic mass is 10.2. The van der Waals surface area contributed by atoms with E-state index >= 15 is 0 Å². The maximum atomic E-state index is 11.8. The normalized spacial score (nSPS) is 9.85. The van der Waals surface area contributed by atoms with Crippen LogP contribution in [0.25, 0.3) is 0 Å². The van der Waals surface area contributed by atoms with E-state index in [0.29, 0.717) is 6.54 Å². The number of aromatic nitrogens is 1. The highest BCUT2D eigenvalue weighted by atomic mass is 16.4. The molecule has 0 radical (unpaired) electrons. The van der Waals surface area contributed by atoms with E-state index in [1.54, 1.807) is 0 Å². The van der Waals surface area contributed by atoms with Crippen molar-refractivity contribution in [2.75, 3.05) is 13.1 Å². The van der Waals surface area contributed by atoms with Gasteiger partial charge in [0.15, 0.2) is 0 Å². The fourth-order valence-corrected chi connectivity index (χ4v) is 1.43. The standard InChI is InChI=1S/C13H17N3O4/c1-2-5-15-11(17)4-7-16-12(18)9-3-6-14-10(8-9)13(19)20/h3,6,8H,2,4-5,7H2,1H3,(H,15,17)(H,16,18)(H,19,20). The molecule has 0 saturated heterocycles. The number of rotatable bonds is 7. The molecule has 0 aromatic carbocycles. The first kappa shape index (κ1) is 15.6. The Morgan fingerprint density at radius 2 is 2.00 bits per heavy atom. The third-order valence-electron chi connectivity index (χ3n) is 2.45. The van der Waals surface area contributed by atoms with Gasteiger partial charge in [-0.25, -0.2) is 9.78 Å². The second-order valence-electron chi connectivity index (χ2n) is 4.09. The van der Waals surface area contributed by atoms with Gasteiger partial charge in [0.2, 0.25) is 5.91 Å². The molecule has 0 spiro atoms. The van der Waals surface area contributed by atoms with E-state index in [1.165, 1.54) is 18.3 Å². The van der Waals surface area contributed by atoms with Crippen molar-refractivity contribution in [1.29, 1.82) is 0 Å². The van der Waals surface area contributed by atoms with Gasteiger partial charge < -0.3 is 15.7 Å². The highest BCUT2D eigenvalue weighted by molar-refractivity contribution is 5.96. The van der Waals surface area contributed by atoms with Gasteiger partial charge in [-0.15, -0.1) is 0 Å². The summed E-state index contributed by atoms with van der Waals surface area (Å²) in [5.41, 5.74) is 0.00436. The van der Waals surface area contributed by atoms with Crippen molar-refractivity contribution in [2.45, 2.75) is 19.8 Å². The highest BCUT2D eigenvalue weighted by Gasteiger charge is 2.10. The number of amides is 2. The van der Waals surface area contributed by atoms with Crippen LogP contribution in [0.15, 0.2) is 18.3 Å². The maximum absolute atomic E-state index is 11.8. The molecule has 2 amide bonds. The third kappa shape index (κ3) is 5.05. The second-order valence-corrected chi connectivity index (χ2v) is 4.09. The van der Waals surface area contributed by atoms with E-state index in [1.807, 2.05) is 6.92 Å². The molecule has 7 heteroatoms. The van der Waals surface area contributed by atoms with E-state index in [2.05, 4.69) is 15.6 Å². The highest BCUT2D eigenvalue weighted by Crippen LogP contribution is 2.01. The van der Waals surface area contributed by atoms with Crippen LogP contribution in [0.1, 0.15) is 40.6 Å². The van der Waals surface area contributed by atoms with E-state index in [9.17, 15) is 14.4 Å². The van der Waals surface area contributed by atoms with Gasteiger partial charge in [-0.3, -0.25) is 9.59 Å². The molecule has 3 N–H and O–H groups in total. The minimum atomic E-state index is -1.20. The summed E-state index contributed by atoms with van der Waals surface area (Å²) in [7, 11) is 0. The average Bonchev–Trinajstić information content (AvgIpc) is 2.45. The van der Waals surface area contributed by atoms with Crippen molar-refractivity contribution in [2.24, 2.45) is 0 Å². The molecule has 0 fully saturated rings. The Morgan fingerprint density at radius 3 is 2.65 bits per heavy atom. The quantitative estimate of drug-likeness (QED) is 0.670. The second kappa shape index (κ2) is 7.88. The summed E-state index contributed by atoms with van der Waals surface area (Å²) in [5, 5.41) is 14.0. The lowest BCUT2D eigenvalue weighted by Gasteiger charge is -2.06. The number of aromatic carboxylic acids is 1. The molecule has 20 heavy (non-hydrogen) atoms. The molecule has 1 aromatic rings. The number of carboxylic acid groups (broad SMARTS) is 1. The Bertz CT molecular complexity index is 502. The van der Waals surface area contributed by atoms with Crippen LogP contribution in [0.3, 0.4) is 0 Å². The summed E-state index contributed by atoms with van der Waals surface area (Å²) in [4.78, 5) is 37.4. The van der Waals surface area contributed by atoms with Gasteiger partial charge in [-0.1, -0.05) is 6.92 Å². The maximum Gasteiger partial charge on any atom is 0.354 e. The van der Waals surface area contributed by atoms with Gasteiger partial charge in [0.05, 0.1) is 0 Å². The van der Waals surface area contributed by atoms with Crippen molar-refractivity contribution in [3.05, 3.63) is 29.6 Å². The van der Waals surface area contributed by atoms with Gasteiger partial charge in [-0.05, 0) is 18.6 Å². The van der Waals surface area contributed by atoms with Crippen molar-refractivity contribution < 1.29 is 19.5 Å². The molecule has 1 heterocycles. The van der Waals surface area contributed by atoms with Crippen LogP contribution in [0, 0.1) is 0 Å². The smallest absolute Gasteiger partial charge is 0.354 e. The SMILES string of the molecule is CCCNC(=O)CCNC(=O)c1ccnc(C(=O)O)c1. The number of hydrogen-bond donors (Lipinski definition) is 3. The number of nitrogens with one attached hydrogen (secondary N) is 2. The summed E-state index contributed by atoms with van der Waals surface area (Å²) in [6, 6.07) is 2.60. The third-order valence-corrected chi connectivity index (χ3v) is 2.45. The number of nitrogens with zero attached hydrogens (tertiary/aromatic N) is 1. The van der Waals surface area contributed by atoms with Crippen molar-refractivity contribution >= 4 is 17.8 Å². The average molecular weight is 279 g/mol. The number of carboxylic acids is 1. The Hall–Kier alpha value is -2.44. The fourth-order valence-electron chi connectivity index (χ4n) is 1.43. The number of hydrogen-bond acceptors (Lipinski definition) is 4. The topological polar surface area (TPSA) is 108 Å². The summed E-state index contributed by atoms with van der Waals surface area (Å²) in [6.07, 6.45) is 2.29. The molecule has 108 valence electrons. The van der Waals surface area contributed by atoms with Gasteiger partial charge in [-0.2, -0.15) is 0 Å². The zero-order chi connectivity index (χ0) is 15.0. The van der Waals surface area contributed by atoms with Crippen LogP contribution < -0.4 is 10.6 Å². The molecule has 0 aliphatic rings. The first-order valence-corrected chi connectivity index (χ1v) is 6.28. The Balaban J connectivity index is 2.45. The van der Waals surface area contributed by atoms with E-state index in [0.717, 1.165) is 6.42 Å². The summed E-state index contributed by atoms with van der Waals surface area (Å²) in [5.74, 6) is -1.76. The Morgan fingerprint density at radius 1 is 1.25 bits per heavy atom. The predicted octanol–water partition coefficient (Wildman–Crippen LogP) is 0.426. The van der Waals surface area contributed by atoms with Crippen molar-refractivity contribution in [1.82, 2.24) is 15.6 Å². The fraction of sp³-hybridized carbons (Fsp3) is 0.385. The molecule has 0 aliphatic carbocycles. The first-order chi connectivity index (χ1) is 9.54. The van der Waals surface area contributed by atoms with Gasteiger partial charge in [0.1, 0.15) is 5.69 Å². The molecular weight excluding hydrogens is 262 g/mol. The van der Waals surface area contributed by atoms with Crippen LogP contribution in [-0.4, -0.2) is 41.0 Å². The van der Waals surface area contributed by atoms with Gasteiger partial charge in [0, 0.05) is 31.3 Å². The van der Waals surface area contributed by atoms with E-state index < -0.39 is 11.9 Å². The van der Waals surface area contributed by atoms with Crippen LogP contribution in [0.2, 0.25) is 0 Å².